The smallest absolute Gasteiger partial charge is 0.161 e. The maximum atomic E-state index is 5.59. The first-order valence-electron chi connectivity index (χ1n) is 7.84. The van der Waals surface area contributed by atoms with Crippen molar-refractivity contribution in [2.24, 2.45) is 11.7 Å². The van der Waals surface area contributed by atoms with E-state index in [4.69, 9.17) is 15.2 Å². The van der Waals surface area contributed by atoms with Gasteiger partial charge < -0.3 is 15.2 Å². The number of hydrogen-bond acceptors (Lipinski definition) is 4. The van der Waals surface area contributed by atoms with Gasteiger partial charge in [0.15, 0.2) is 11.5 Å². The zero-order valence-corrected chi connectivity index (χ0v) is 13.5. The number of nitrogens with zero attached hydrogens (tertiary/aromatic N) is 1. The molecular weight excluding hydrogens is 264 g/mol. The average molecular weight is 292 g/mol. The minimum absolute atomic E-state index is 0.704. The second kappa shape index (κ2) is 7.66. The molecule has 0 fully saturated rings. The summed E-state index contributed by atoms with van der Waals surface area (Å²) in [5, 5.41) is 0. The summed E-state index contributed by atoms with van der Waals surface area (Å²) in [7, 11) is 3.39. The fourth-order valence-corrected chi connectivity index (χ4v) is 3.10. The molecule has 4 nitrogen and oxygen atoms in total. The number of rotatable bonds is 7. The fraction of sp³-hybridized carbons (Fsp3) is 0.647. The SMILES string of the molecule is COc1cc2c(cc1OC)CN(CC(C)CCCN)CC2. The lowest BCUT2D eigenvalue weighted by Gasteiger charge is -2.31. The van der Waals surface area contributed by atoms with Gasteiger partial charge in [-0.3, -0.25) is 4.90 Å². The molecular formula is C17H28N2O2. The Labute approximate surface area is 128 Å². The third-order valence-electron chi connectivity index (χ3n) is 4.27. The van der Waals surface area contributed by atoms with E-state index in [0.717, 1.165) is 50.5 Å². The standard InChI is InChI=1S/C17H28N2O2/c1-13(5-4-7-18)11-19-8-6-14-9-16(20-2)17(21-3)10-15(14)12-19/h9-10,13H,4-8,11-12,18H2,1-3H3. The summed E-state index contributed by atoms with van der Waals surface area (Å²) >= 11 is 0. The maximum absolute atomic E-state index is 5.59. The third kappa shape index (κ3) is 4.11. The first-order chi connectivity index (χ1) is 10.2. The Kier molecular flexibility index (Phi) is 5.88. The van der Waals surface area contributed by atoms with E-state index in [2.05, 4.69) is 24.0 Å². The topological polar surface area (TPSA) is 47.7 Å². The molecule has 1 atom stereocenters. The van der Waals surface area contributed by atoms with Crippen molar-refractivity contribution in [3.8, 4) is 11.5 Å². The Bertz CT molecular complexity index is 462. The van der Waals surface area contributed by atoms with Crippen molar-refractivity contribution in [3.63, 3.8) is 0 Å². The van der Waals surface area contributed by atoms with Crippen LogP contribution in [0.4, 0.5) is 0 Å². The molecule has 1 aromatic carbocycles. The molecule has 4 heteroatoms. The van der Waals surface area contributed by atoms with Crippen LogP contribution in [0.1, 0.15) is 30.9 Å². The van der Waals surface area contributed by atoms with Gasteiger partial charge in [-0.15, -0.1) is 0 Å². The third-order valence-corrected chi connectivity index (χ3v) is 4.27. The Hall–Kier alpha value is -1.26. The number of methoxy groups -OCH3 is 2. The Morgan fingerprint density at radius 2 is 1.86 bits per heavy atom. The molecule has 1 unspecified atom stereocenters. The van der Waals surface area contributed by atoms with Gasteiger partial charge in [-0.1, -0.05) is 6.92 Å². The second-order valence-electron chi connectivity index (χ2n) is 6.00. The highest BCUT2D eigenvalue weighted by molar-refractivity contribution is 5.48. The highest BCUT2D eigenvalue weighted by Gasteiger charge is 2.20. The lowest BCUT2D eigenvalue weighted by Crippen LogP contribution is -2.34. The lowest BCUT2D eigenvalue weighted by molar-refractivity contribution is 0.213. The molecule has 0 saturated carbocycles. The van der Waals surface area contributed by atoms with Crippen molar-refractivity contribution >= 4 is 0 Å². The van der Waals surface area contributed by atoms with Crippen LogP contribution in [0.2, 0.25) is 0 Å². The van der Waals surface area contributed by atoms with Crippen LogP contribution in [0.15, 0.2) is 12.1 Å². The van der Waals surface area contributed by atoms with Crippen LogP contribution in [-0.4, -0.2) is 38.8 Å². The summed E-state index contributed by atoms with van der Waals surface area (Å²) in [5.74, 6) is 2.37. The van der Waals surface area contributed by atoms with Gasteiger partial charge in [0.1, 0.15) is 0 Å². The van der Waals surface area contributed by atoms with E-state index in [1.165, 1.54) is 17.5 Å². The Morgan fingerprint density at radius 3 is 2.48 bits per heavy atom. The summed E-state index contributed by atoms with van der Waals surface area (Å²) in [4.78, 5) is 2.54. The number of ether oxygens (including phenoxy) is 2. The molecule has 21 heavy (non-hydrogen) atoms. The molecule has 0 bridgehead atoms. The molecule has 0 saturated heterocycles. The number of fused-ring (bicyclic) bond motifs is 1. The van der Waals surface area contributed by atoms with E-state index < -0.39 is 0 Å². The average Bonchev–Trinajstić information content (AvgIpc) is 2.51. The summed E-state index contributed by atoms with van der Waals surface area (Å²) in [6.45, 7) is 6.38. The number of benzene rings is 1. The largest absolute Gasteiger partial charge is 0.493 e. The lowest BCUT2D eigenvalue weighted by atomic mass is 9.97. The second-order valence-corrected chi connectivity index (χ2v) is 6.00. The summed E-state index contributed by atoms with van der Waals surface area (Å²) < 4.78 is 10.8. The molecule has 2 N–H and O–H groups in total. The van der Waals surface area contributed by atoms with Gasteiger partial charge in [-0.05, 0) is 55.0 Å². The van der Waals surface area contributed by atoms with Gasteiger partial charge in [-0.2, -0.15) is 0 Å². The van der Waals surface area contributed by atoms with Gasteiger partial charge in [0, 0.05) is 19.6 Å². The van der Waals surface area contributed by atoms with E-state index >= 15 is 0 Å². The van der Waals surface area contributed by atoms with Crippen molar-refractivity contribution in [2.45, 2.75) is 32.7 Å². The van der Waals surface area contributed by atoms with Crippen LogP contribution in [-0.2, 0) is 13.0 Å². The van der Waals surface area contributed by atoms with Gasteiger partial charge >= 0.3 is 0 Å². The molecule has 1 aromatic rings. The summed E-state index contributed by atoms with van der Waals surface area (Å²) in [6.07, 6.45) is 3.42. The predicted molar refractivity (Wildman–Crippen MR) is 86.0 cm³/mol. The molecule has 0 radical (unpaired) electrons. The van der Waals surface area contributed by atoms with E-state index in [-0.39, 0.29) is 0 Å². The zero-order valence-electron chi connectivity index (χ0n) is 13.5. The van der Waals surface area contributed by atoms with E-state index in [0.29, 0.717) is 5.92 Å². The molecule has 0 aromatic heterocycles. The molecule has 0 spiro atoms. The van der Waals surface area contributed by atoms with Gasteiger partial charge in [-0.25, -0.2) is 0 Å². The quantitative estimate of drug-likeness (QED) is 0.838. The molecule has 1 heterocycles. The maximum Gasteiger partial charge on any atom is 0.161 e. The van der Waals surface area contributed by atoms with Crippen LogP contribution in [0.25, 0.3) is 0 Å². The van der Waals surface area contributed by atoms with Crippen LogP contribution in [0, 0.1) is 5.92 Å². The molecule has 1 aliphatic rings. The highest BCUT2D eigenvalue weighted by Crippen LogP contribution is 2.33. The first-order valence-corrected chi connectivity index (χ1v) is 7.84. The van der Waals surface area contributed by atoms with Gasteiger partial charge in [0.05, 0.1) is 14.2 Å². The van der Waals surface area contributed by atoms with E-state index in [1.807, 2.05) is 0 Å². The van der Waals surface area contributed by atoms with Crippen molar-refractivity contribution in [2.75, 3.05) is 33.9 Å². The zero-order chi connectivity index (χ0) is 15.2. The molecule has 1 aliphatic heterocycles. The number of nitrogens with two attached hydrogens (primary N) is 1. The summed E-state index contributed by atoms with van der Waals surface area (Å²) in [5.41, 5.74) is 8.35. The molecule has 2 rings (SSSR count). The van der Waals surface area contributed by atoms with Crippen molar-refractivity contribution in [1.29, 1.82) is 0 Å². The predicted octanol–water partition coefficient (Wildman–Crippen LogP) is 2.44. The molecule has 0 amide bonds. The summed E-state index contributed by atoms with van der Waals surface area (Å²) in [6, 6.07) is 4.26. The van der Waals surface area contributed by atoms with Crippen LogP contribution < -0.4 is 15.2 Å². The monoisotopic (exact) mass is 292 g/mol. The molecule has 118 valence electrons. The van der Waals surface area contributed by atoms with Crippen LogP contribution >= 0.6 is 0 Å². The number of hydrogen-bond donors (Lipinski definition) is 1. The van der Waals surface area contributed by atoms with E-state index in [9.17, 15) is 0 Å². The molecule has 0 aliphatic carbocycles. The van der Waals surface area contributed by atoms with Crippen molar-refractivity contribution < 1.29 is 9.47 Å². The van der Waals surface area contributed by atoms with Crippen LogP contribution in [0.5, 0.6) is 11.5 Å². The highest BCUT2D eigenvalue weighted by atomic mass is 16.5. The first kappa shape index (κ1) is 16.1. The van der Waals surface area contributed by atoms with Gasteiger partial charge in [0.2, 0.25) is 0 Å². The fourth-order valence-electron chi connectivity index (χ4n) is 3.10. The van der Waals surface area contributed by atoms with Gasteiger partial charge in [0.25, 0.3) is 0 Å². The minimum Gasteiger partial charge on any atom is -0.493 e. The van der Waals surface area contributed by atoms with Crippen LogP contribution in [0.3, 0.4) is 0 Å². The van der Waals surface area contributed by atoms with E-state index in [1.54, 1.807) is 14.2 Å². The Balaban J connectivity index is 2.02. The Morgan fingerprint density at radius 1 is 1.19 bits per heavy atom. The normalized spacial score (nSPS) is 16.4. The van der Waals surface area contributed by atoms with Crippen molar-refractivity contribution in [1.82, 2.24) is 4.90 Å². The van der Waals surface area contributed by atoms with Crippen molar-refractivity contribution in [3.05, 3.63) is 23.3 Å². The minimum atomic E-state index is 0.704.